The van der Waals surface area contributed by atoms with Crippen LogP contribution in [-0.4, -0.2) is 93.2 Å². The average molecular weight is 512 g/mol. The van der Waals surface area contributed by atoms with Crippen LogP contribution in [0.1, 0.15) is 58.1 Å². The molecule has 3 amide bonds. The number of carbonyl (C=O) groups is 3. The van der Waals surface area contributed by atoms with Crippen LogP contribution < -0.4 is 0 Å². The van der Waals surface area contributed by atoms with E-state index in [-0.39, 0.29) is 30.1 Å². The van der Waals surface area contributed by atoms with Gasteiger partial charge in [0.2, 0.25) is 11.8 Å². The number of carbonyl (C=O) groups excluding carboxylic acids is 3. The van der Waals surface area contributed by atoms with Gasteiger partial charge in [-0.25, -0.2) is 4.39 Å². The maximum Gasteiger partial charge on any atom is 0.274 e. The third-order valence-corrected chi connectivity index (χ3v) is 8.07. The van der Waals surface area contributed by atoms with Gasteiger partial charge in [0.05, 0.1) is 0 Å². The first-order valence-electron chi connectivity index (χ1n) is 13.2. The van der Waals surface area contributed by atoms with Gasteiger partial charge in [-0.15, -0.1) is 0 Å². The SMILES string of the molecule is Cc1cc(F)ccc1C1CCN(C(=O)Cn2nc(C(=O)N3CCN(C(=O)CO)CC3)c3c2CCC3)CC1. The lowest BCUT2D eigenvalue weighted by molar-refractivity contribution is -0.135. The molecular weight excluding hydrogens is 477 g/mol. The number of hydrogen-bond acceptors (Lipinski definition) is 5. The number of aryl methyl sites for hydroxylation is 1. The Labute approximate surface area is 215 Å². The van der Waals surface area contributed by atoms with Gasteiger partial charge in [-0.2, -0.15) is 5.10 Å². The fourth-order valence-electron chi connectivity index (χ4n) is 5.99. The Hall–Kier alpha value is -3.27. The van der Waals surface area contributed by atoms with Gasteiger partial charge in [0.15, 0.2) is 5.69 Å². The Morgan fingerprint density at radius 2 is 1.65 bits per heavy atom. The first-order valence-corrected chi connectivity index (χ1v) is 13.2. The largest absolute Gasteiger partial charge is 0.387 e. The highest BCUT2D eigenvalue weighted by molar-refractivity contribution is 5.94. The topological polar surface area (TPSA) is 99.0 Å². The molecule has 0 radical (unpaired) electrons. The van der Waals surface area contributed by atoms with Crippen molar-refractivity contribution < 1.29 is 23.9 Å². The first kappa shape index (κ1) is 25.4. The van der Waals surface area contributed by atoms with Crippen molar-refractivity contribution in [2.24, 2.45) is 0 Å². The van der Waals surface area contributed by atoms with Crippen molar-refractivity contribution in [3.8, 4) is 0 Å². The lowest BCUT2D eigenvalue weighted by atomic mass is 9.87. The molecule has 3 heterocycles. The van der Waals surface area contributed by atoms with E-state index in [1.54, 1.807) is 20.5 Å². The number of aromatic nitrogens is 2. The molecule has 2 saturated heterocycles. The zero-order chi connectivity index (χ0) is 26.1. The molecule has 0 unspecified atom stereocenters. The minimum absolute atomic E-state index is 0.00149. The molecule has 37 heavy (non-hydrogen) atoms. The Bertz CT molecular complexity index is 1200. The zero-order valence-electron chi connectivity index (χ0n) is 21.3. The molecule has 9 nitrogen and oxygen atoms in total. The van der Waals surface area contributed by atoms with Crippen LogP contribution in [0.15, 0.2) is 18.2 Å². The zero-order valence-corrected chi connectivity index (χ0v) is 21.3. The summed E-state index contributed by atoms with van der Waals surface area (Å²) >= 11 is 0. The highest BCUT2D eigenvalue weighted by Gasteiger charge is 2.33. The van der Waals surface area contributed by atoms with Gasteiger partial charge < -0.3 is 19.8 Å². The summed E-state index contributed by atoms with van der Waals surface area (Å²) in [6.45, 7) is 4.39. The van der Waals surface area contributed by atoms with E-state index in [9.17, 15) is 18.8 Å². The molecule has 1 aromatic heterocycles. The number of likely N-dealkylation sites (tertiary alicyclic amines) is 1. The molecule has 2 aliphatic heterocycles. The van der Waals surface area contributed by atoms with Crippen molar-refractivity contribution in [3.05, 3.63) is 52.1 Å². The second kappa shape index (κ2) is 10.6. The first-order chi connectivity index (χ1) is 17.9. The van der Waals surface area contributed by atoms with Crippen molar-refractivity contribution in [3.63, 3.8) is 0 Å². The fraction of sp³-hybridized carbons (Fsp3) is 0.556. The van der Waals surface area contributed by atoms with Gasteiger partial charge in [-0.3, -0.25) is 19.1 Å². The molecule has 10 heteroatoms. The van der Waals surface area contributed by atoms with Gasteiger partial charge in [0.1, 0.15) is 19.0 Å². The molecule has 0 saturated carbocycles. The van der Waals surface area contributed by atoms with Gasteiger partial charge >= 0.3 is 0 Å². The van der Waals surface area contributed by atoms with E-state index < -0.39 is 6.61 Å². The Balaban J connectivity index is 1.22. The summed E-state index contributed by atoms with van der Waals surface area (Å²) in [6, 6.07) is 4.94. The van der Waals surface area contributed by atoms with Crippen molar-refractivity contribution in [1.29, 1.82) is 0 Å². The molecule has 2 aromatic rings. The average Bonchev–Trinajstić information content (AvgIpc) is 3.52. The van der Waals surface area contributed by atoms with Gasteiger partial charge in [-0.05, 0) is 68.2 Å². The number of rotatable bonds is 5. The van der Waals surface area contributed by atoms with E-state index in [0.29, 0.717) is 50.9 Å². The second-order valence-electron chi connectivity index (χ2n) is 10.3. The summed E-state index contributed by atoms with van der Waals surface area (Å²) in [6.07, 6.45) is 4.18. The van der Waals surface area contributed by atoms with Crippen LogP contribution in [-0.2, 0) is 29.0 Å². The lowest BCUT2D eigenvalue weighted by Gasteiger charge is -2.34. The van der Waals surface area contributed by atoms with Gasteiger partial charge in [0.25, 0.3) is 5.91 Å². The Morgan fingerprint density at radius 1 is 0.973 bits per heavy atom. The van der Waals surface area contributed by atoms with Gasteiger partial charge in [-0.1, -0.05) is 6.07 Å². The van der Waals surface area contributed by atoms with E-state index in [4.69, 9.17) is 5.11 Å². The lowest BCUT2D eigenvalue weighted by Crippen LogP contribution is -2.51. The molecule has 1 aromatic carbocycles. The molecule has 0 atom stereocenters. The number of nitrogens with zero attached hydrogens (tertiary/aromatic N) is 5. The number of amides is 3. The summed E-state index contributed by atoms with van der Waals surface area (Å²) in [5.74, 6) is -0.390. The van der Waals surface area contributed by atoms with Crippen LogP contribution in [0.5, 0.6) is 0 Å². The summed E-state index contributed by atoms with van der Waals surface area (Å²) in [5.41, 5.74) is 4.45. The van der Waals surface area contributed by atoms with Crippen LogP contribution in [0.4, 0.5) is 4.39 Å². The molecule has 5 rings (SSSR count). The monoisotopic (exact) mass is 511 g/mol. The number of aliphatic hydroxyl groups excluding tert-OH is 1. The number of aliphatic hydroxyl groups is 1. The number of piperidine rings is 1. The third-order valence-electron chi connectivity index (χ3n) is 8.07. The van der Waals surface area contributed by atoms with E-state index in [1.165, 1.54) is 6.07 Å². The maximum atomic E-state index is 13.5. The second-order valence-corrected chi connectivity index (χ2v) is 10.3. The summed E-state index contributed by atoms with van der Waals surface area (Å²) in [4.78, 5) is 43.4. The van der Waals surface area contributed by atoms with Crippen LogP contribution in [0.2, 0.25) is 0 Å². The molecule has 2 fully saturated rings. The van der Waals surface area contributed by atoms with Crippen LogP contribution >= 0.6 is 0 Å². The van der Waals surface area contributed by atoms with E-state index in [1.807, 2.05) is 17.9 Å². The molecule has 3 aliphatic rings. The number of fused-ring (bicyclic) bond motifs is 1. The summed E-state index contributed by atoms with van der Waals surface area (Å²) in [5, 5.41) is 13.7. The minimum atomic E-state index is -0.524. The molecular formula is C27H34FN5O4. The molecule has 198 valence electrons. The molecule has 0 spiro atoms. The number of halogens is 1. The van der Waals surface area contributed by atoms with E-state index in [0.717, 1.165) is 54.5 Å². The summed E-state index contributed by atoms with van der Waals surface area (Å²) in [7, 11) is 0. The Morgan fingerprint density at radius 3 is 2.32 bits per heavy atom. The van der Waals surface area contributed by atoms with Crippen LogP contribution in [0, 0.1) is 12.7 Å². The third kappa shape index (κ3) is 5.12. The molecule has 1 aliphatic carbocycles. The normalized spacial score (nSPS) is 18.3. The maximum absolute atomic E-state index is 13.5. The minimum Gasteiger partial charge on any atom is -0.387 e. The molecule has 1 N–H and O–H groups in total. The highest BCUT2D eigenvalue weighted by Crippen LogP contribution is 2.31. The van der Waals surface area contributed by atoms with Gasteiger partial charge in [0, 0.05) is 50.5 Å². The van der Waals surface area contributed by atoms with Crippen molar-refractivity contribution in [2.45, 2.75) is 51.5 Å². The quantitative estimate of drug-likeness (QED) is 0.656. The standard InChI is InChI=1S/C27H34FN5O4/c1-18-15-20(28)5-6-21(18)19-7-9-30(10-8-19)24(35)16-33-23-4-2-3-22(23)26(29-33)27(37)32-13-11-31(12-14-32)25(36)17-34/h5-6,15,19,34H,2-4,7-14,16-17H2,1H3. The van der Waals surface area contributed by atoms with E-state index >= 15 is 0 Å². The number of benzene rings is 1. The van der Waals surface area contributed by atoms with E-state index in [2.05, 4.69) is 5.10 Å². The van der Waals surface area contributed by atoms with Crippen molar-refractivity contribution in [2.75, 3.05) is 45.9 Å². The Kier molecular flexibility index (Phi) is 7.28. The van der Waals surface area contributed by atoms with Crippen LogP contribution in [0.3, 0.4) is 0 Å². The van der Waals surface area contributed by atoms with Crippen LogP contribution in [0.25, 0.3) is 0 Å². The highest BCUT2D eigenvalue weighted by atomic mass is 19.1. The predicted octanol–water partition coefficient (Wildman–Crippen LogP) is 1.50. The molecule has 0 bridgehead atoms. The smallest absolute Gasteiger partial charge is 0.274 e. The number of hydrogen-bond donors (Lipinski definition) is 1. The summed E-state index contributed by atoms with van der Waals surface area (Å²) < 4.78 is 15.2. The van der Waals surface area contributed by atoms with Crippen molar-refractivity contribution in [1.82, 2.24) is 24.5 Å². The predicted molar refractivity (Wildman–Crippen MR) is 134 cm³/mol. The van der Waals surface area contributed by atoms with Crippen molar-refractivity contribution >= 4 is 17.7 Å². The number of piperazine rings is 1. The fourth-order valence-corrected chi connectivity index (χ4v) is 5.99.